The van der Waals surface area contributed by atoms with Crippen molar-refractivity contribution in [1.29, 1.82) is 0 Å². The summed E-state index contributed by atoms with van der Waals surface area (Å²) in [5, 5.41) is 0.322. The van der Waals surface area contributed by atoms with Crippen molar-refractivity contribution >= 4 is 29.1 Å². The van der Waals surface area contributed by atoms with Crippen LogP contribution in [0.15, 0.2) is 36.4 Å². The van der Waals surface area contributed by atoms with E-state index >= 15 is 0 Å². The van der Waals surface area contributed by atoms with Gasteiger partial charge in [-0.25, -0.2) is 9.37 Å². The Labute approximate surface area is 132 Å². The second-order valence-corrected chi connectivity index (χ2v) is 5.42. The molecule has 0 saturated heterocycles. The Morgan fingerprint density at radius 1 is 1.19 bits per heavy atom. The fraction of sp³-hybridized carbons (Fsp3) is 0.200. The molecule has 0 fully saturated rings. The Morgan fingerprint density at radius 3 is 2.24 bits per heavy atom. The smallest absolute Gasteiger partial charge is 0.254 e. The number of hydrogen-bond acceptors (Lipinski definition) is 2. The van der Waals surface area contributed by atoms with Gasteiger partial charge in [-0.05, 0) is 36.8 Å². The van der Waals surface area contributed by atoms with Crippen molar-refractivity contribution in [2.24, 2.45) is 0 Å². The van der Waals surface area contributed by atoms with Crippen LogP contribution in [-0.4, -0.2) is 22.8 Å². The second kappa shape index (κ2) is 6.41. The number of carbonyl (C=O) groups is 1. The predicted octanol–water partition coefficient (Wildman–Crippen LogP) is 4.36. The molecule has 1 amide bonds. The lowest BCUT2D eigenvalue weighted by Crippen LogP contribution is -2.29. The van der Waals surface area contributed by atoms with Crippen molar-refractivity contribution in [3.05, 3.63) is 63.6 Å². The molecule has 3 nitrogen and oxygen atoms in total. The summed E-state index contributed by atoms with van der Waals surface area (Å²) >= 11 is 11.6. The van der Waals surface area contributed by atoms with Gasteiger partial charge < -0.3 is 4.90 Å². The Hall–Kier alpha value is -1.65. The third-order valence-electron chi connectivity index (χ3n) is 3.26. The van der Waals surface area contributed by atoms with E-state index in [4.69, 9.17) is 23.2 Å². The summed E-state index contributed by atoms with van der Waals surface area (Å²) in [4.78, 5) is 17.8. The van der Waals surface area contributed by atoms with Crippen molar-refractivity contribution in [3.8, 4) is 0 Å². The zero-order chi connectivity index (χ0) is 15.6. The first-order chi connectivity index (χ1) is 9.88. The Kier molecular flexibility index (Phi) is 4.80. The quantitative estimate of drug-likeness (QED) is 0.785. The maximum atomic E-state index is 12.9. The normalized spacial score (nSPS) is 12.0. The number of aromatic nitrogens is 1. The maximum absolute atomic E-state index is 12.9. The van der Waals surface area contributed by atoms with Gasteiger partial charge in [-0.2, -0.15) is 0 Å². The molecule has 0 radical (unpaired) electrons. The third-order valence-corrected chi connectivity index (χ3v) is 3.65. The molecule has 110 valence electrons. The largest absolute Gasteiger partial charge is 0.335 e. The van der Waals surface area contributed by atoms with E-state index in [1.54, 1.807) is 19.2 Å². The molecular formula is C15H13Cl2FN2O. The summed E-state index contributed by atoms with van der Waals surface area (Å²) in [6.07, 6.45) is 0. The molecule has 0 aliphatic rings. The van der Waals surface area contributed by atoms with Gasteiger partial charge in [0.2, 0.25) is 0 Å². The van der Waals surface area contributed by atoms with Gasteiger partial charge in [0.05, 0.1) is 6.04 Å². The number of hydrogen-bond donors (Lipinski definition) is 0. The monoisotopic (exact) mass is 326 g/mol. The lowest BCUT2D eigenvalue weighted by atomic mass is 10.1. The van der Waals surface area contributed by atoms with Gasteiger partial charge in [0.1, 0.15) is 16.1 Å². The van der Waals surface area contributed by atoms with Gasteiger partial charge in [0, 0.05) is 12.6 Å². The number of rotatable bonds is 3. The Bertz CT molecular complexity index is 641. The van der Waals surface area contributed by atoms with Crippen molar-refractivity contribution in [3.63, 3.8) is 0 Å². The van der Waals surface area contributed by atoms with Gasteiger partial charge in [0.15, 0.2) is 0 Å². The number of nitrogens with zero attached hydrogens (tertiary/aromatic N) is 2. The van der Waals surface area contributed by atoms with Gasteiger partial charge in [-0.15, -0.1) is 0 Å². The van der Waals surface area contributed by atoms with E-state index in [1.165, 1.54) is 29.2 Å². The topological polar surface area (TPSA) is 33.2 Å². The number of benzene rings is 1. The Morgan fingerprint density at radius 2 is 1.71 bits per heavy atom. The minimum absolute atomic E-state index is 0.161. The van der Waals surface area contributed by atoms with Crippen LogP contribution in [0.2, 0.25) is 10.3 Å². The molecule has 0 saturated carbocycles. The first-order valence-corrected chi connectivity index (χ1v) is 7.00. The van der Waals surface area contributed by atoms with E-state index in [9.17, 15) is 9.18 Å². The molecule has 1 aromatic heterocycles. The predicted molar refractivity (Wildman–Crippen MR) is 81.2 cm³/mol. The molecular weight excluding hydrogens is 314 g/mol. The standard InChI is InChI=1S/C15H13Cl2FN2O/c1-9(10-3-5-12(18)6-4-10)20(2)15(21)11-7-13(16)19-14(17)8-11/h3-9H,1-2H3. The van der Waals surface area contributed by atoms with E-state index in [1.807, 2.05) is 6.92 Å². The molecule has 0 aliphatic heterocycles. The van der Waals surface area contributed by atoms with Crippen LogP contribution in [0.25, 0.3) is 0 Å². The lowest BCUT2D eigenvalue weighted by Gasteiger charge is -2.25. The molecule has 1 heterocycles. The zero-order valence-corrected chi connectivity index (χ0v) is 13.0. The highest BCUT2D eigenvalue weighted by molar-refractivity contribution is 6.33. The second-order valence-electron chi connectivity index (χ2n) is 4.64. The molecule has 1 atom stereocenters. The molecule has 0 N–H and O–H groups in total. The average molecular weight is 327 g/mol. The zero-order valence-electron chi connectivity index (χ0n) is 11.5. The van der Waals surface area contributed by atoms with Crippen molar-refractivity contribution in [1.82, 2.24) is 9.88 Å². The van der Waals surface area contributed by atoms with Crippen LogP contribution < -0.4 is 0 Å². The summed E-state index contributed by atoms with van der Waals surface area (Å²) < 4.78 is 12.9. The van der Waals surface area contributed by atoms with Crippen LogP contribution in [0, 0.1) is 5.82 Å². The first kappa shape index (κ1) is 15.7. The van der Waals surface area contributed by atoms with Crippen LogP contribution in [0.1, 0.15) is 28.9 Å². The van der Waals surface area contributed by atoms with Crippen LogP contribution in [0.5, 0.6) is 0 Å². The summed E-state index contributed by atoms with van der Waals surface area (Å²) in [5.74, 6) is -0.550. The number of pyridine rings is 1. The fourth-order valence-corrected chi connectivity index (χ4v) is 2.39. The maximum Gasteiger partial charge on any atom is 0.254 e. The molecule has 1 unspecified atom stereocenters. The molecule has 2 rings (SSSR count). The van der Waals surface area contributed by atoms with Crippen LogP contribution in [0.4, 0.5) is 4.39 Å². The van der Waals surface area contributed by atoms with Gasteiger partial charge >= 0.3 is 0 Å². The van der Waals surface area contributed by atoms with E-state index in [0.717, 1.165) is 5.56 Å². The molecule has 21 heavy (non-hydrogen) atoms. The lowest BCUT2D eigenvalue weighted by molar-refractivity contribution is 0.0742. The van der Waals surface area contributed by atoms with E-state index in [-0.39, 0.29) is 28.1 Å². The fourth-order valence-electron chi connectivity index (χ4n) is 1.93. The highest BCUT2D eigenvalue weighted by atomic mass is 35.5. The van der Waals surface area contributed by atoms with Gasteiger partial charge in [0.25, 0.3) is 5.91 Å². The molecule has 0 aliphatic carbocycles. The number of halogens is 3. The minimum atomic E-state index is -0.312. The molecule has 2 aromatic rings. The van der Waals surface area contributed by atoms with Crippen LogP contribution in [0.3, 0.4) is 0 Å². The summed E-state index contributed by atoms with van der Waals surface area (Å²) in [6, 6.07) is 8.73. The highest BCUT2D eigenvalue weighted by Crippen LogP contribution is 2.23. The van der Waals surface area contributed by atoms with Gasteiger partial charge in [-0.1, -0.05) is 35.3 Å². The SMILES string of the molecule is CC(c1ccc(F)cc1)N(C)C(=O)c1cc(Cl)nc(Cl)c1. The van der Waals surface area contributed by atoms with E-state index in [0.29, 0.717) is 5.56 Å². The Balaban J connectivity index is 2.23. The van der Waals surface area contributed by atoms with E-state index < -0.39 is 0 Å². The molecule has 0 spiro atoms. The van der Waals surface area contributed by atoms with E-state index in [2.05, 4.69) is 4.98 Å². The van der Waals surface area contributed by atoms with Crippen LogP contribution in [-0.2, 0) is 0 Å². The number of amides is 1. The summed E-state index contributed by atoms with van der Waals surface area (Å²) in [7, 11) is 1.67. The molecule has 6 heteroatoms. The summed E-state index contributed by atoms with van der Waals surface area (Å²) in [6.45, 7) is 1.86. The summed E-state index contributed by atoms with van der Waals surface area (Å²) in [5.41, 5.74) is 1.19. The van der Waals surface area contributed by atoms with Gasteiger partial charge in [-0.3, -0.25) is 4.79 Å². The van der Waals surface area contributed by atoms with Crippen molar-refractivity contribution in [2.45, 2.75) is 13.0 Å². The highest BCUT2D eigenvalue weighted by Gasteiger charge is 2.20. The van der Waals surface area contributed by atoms with Crippen molar-refractivity contribution in [2.75, 3.05) is 7.05 Å². The van der Waals surface area contributed by atoms with Crippen LogP contribution >= 0.6 is 23.2 Å². The minimum Gasteiger partial charge on any atom is -0.335 e. The van der Waals surface area contributed by atoms with Crippen molar-refractivity contribution < 1.29 is 9.18 Å². The number of carbonyl (C=O) groups excluding carboxylic acids is 1. The molecule has 0 bridgehead atoms. The third kappa shape index (κ3) is 3.71. The average Bonchev–Trinajstić information content (AvgIpc) is 2.44. The molecule has 1 aromatic carbocycles. The first-order valence-electron chi connectivity index (χ1n) is 6.24.